The van der Waals surface area contributed by atoms with Gasteiger partial charge in [-0.3, -0.25) is 4.79 Å². The SMILES string of the molecule is C=C(C)/C=C\C(=C)NC(=O)CC.CC. The topological polar surface area (TPSA) is 29.1 Å². The van der Waals surface area contributed by atoms with E-state index < -0.39 is 0 Å². The van der Waals surface area contributed by atoms with Crippen molar-refractivity contribution in [3.05, 3.63) is 36.6 Å². The first-order chi connectivity index (χ1) is 6.56. The fourth-order valence-corrected chi connectivity index (χ4v) is 0.552. The first-order valence-electron chi connectivity index (χ1n) is 4.88. The zero-order valence-corrected chi connectivity index (χ0v) is 9.68. The summed E-state index contributed by atoms with van der Waals surface area (Å²) in [6.07, 6.45) is 4.01. The number of allylic oxidation sites excluding steroid dienone is 3. The second kappa shape index (κ2) is 9.78. The van der Waals surface area contributed by atoms with Crippen molar-refractivity contribution >= 4 is 5.91 Å². The van der Waals surface area contributed by atoms with E-state index in [9.17, 15) is 4.79 Å². The maximum atomic E-state index is 10.8. The van der Waals surface area contributed by atoms with Crippen LogP contribution in [-0.2, 0) is 4.79 Å². The Morgan fingerprint density at radius 1 is 1.29 bits per heavy atom. The van der Waals surface area contributed by atoms with Crippen LogP contribution in [0.5, 0.6) is 0 Å². The highest BCUT2D eigenvalue weighted by atomic mass is 16.1. The number of rotatable bonds is 4. The van der Waals surface area contributed by atoms with E-state index in [0.29, 0.717) is 12.1 Å². The molecule has 0 atom stereocenters. The van der Waals surface area contributed by atoms with Crippen molar-refractivity contribution in [2.75, 3.05) is 0 Å². The van der Waals surface area contributed by atoms with Gasteiger partial charge in [-0.05, 0) is 13.0 Å². The third kappa shape index (κ3) is 10.7. The standard InChI is InChI=1S/C10H15NO.C2H6/c1-5-10(12)11-9(4)7-6-8(2)3;1-2/h6-7H,2,4-5H2,1,3H3,(H,11,12);1-2H3/b7-6-;. The van der Waals surface area contributed by atoms with Crippen LogP contribution in [0, 0.1) is 0 Å². The largest absolute Gasteiger partial charge is 0.327 e. The number of hydrogen-bond donors (Lipinski definition) is 1. The molecule has 1 amide bonds. The van der Waals surface area contributed by atoms with Crippen molar-refractivity contribution in [1.29, 1.82) is 0 Å². The summed E-state index contributed by atoms with van der Waals surface area (Å²) in [5.41, 5.74) is 1.53. The number of amides is 1. The Kier molecular flexibility index (Phi) is 10.6. The van der Waals surface area contributed by atoms with Crippen molar-refractivity contribution in [3.8, 4) is 0 Å². The molecular weight excluding hydrogens is 174 g/mol. The Morgan fingerprint density at radius 3 is 2.14 bits per heavy atom. The van der Waals surface area contributed by atoms with Gasteiger partial charge in [0.25, 0.3) is 0 Å². The zero-order chi connectivity index (χ0) is 11.6. The summed E-state index contributed by atoms with van der Waals surface area (Å²) in [5, 5.41) is 2.62. The van der Waals surface area contributed by atoms with Gasteiger partial charge < -0.3 is 5.32 Å². The lowest BCUT2D eigenvalue weighted by Crippen LogP contribution is -2.19. The van der Waals surface area contributed by atoms with Crippen molar-refractivity contribution in [1.82, 2.24) is 5.32 Å². The molecule has 0 saturated heterocycles. The Balaban J connectivity index is 0. The van der Waals surface area contributed by atoms with Gasteiger partial charge in [-0.1, -0.05) is 45.6 Å². The summed E-state index contributed by atoms with van der Waals surface area (Å²) in [5.74, 6) is -0.0219. The normalized spacial score (nSPS) is 8.86. The molecule has 0 aliphatic heterocycles. The van der Waals surface area contributed by atoms with Gasteiger partial charge in [0.1, 0.15) is 0 Å². The zero-order valence-electron chi connectivity index (χ0n) is 9.68. The van der Waals surface area contributed by atoms with E-state index in [1.54, 1.807) is 19.1 Å². The summed E-state index contributed by atoms with van der Waals surface area (Å²) >= 11 is 0. The van der Waals surface area contributed by atoms with Crippen molar-refractivity contribution < 1.29 is 4.79 Å². The number of hydrogen-bond acceptors (Lipinski definition) is 1. The highest BCUT2D eigenvalue weighted by molar-refractivity contribution is 5.77. The molecule has 0 saturated carbocycles. The van der Waals surface area contributed by atoms with Gasteiger partial charge in [0, 0.05) is 12.1 Å². The number of carbonyl (C=O) groups is 1. The fraction of sp³-hybridized carbons (Fsp3) is 0.417. The summed E-state index contributed by atoms with van der Waals surface area (Å²) in [7, 11) is 0. The monoisotopic (exact) mass is 195 g/mol. The third-order valence-electron chi connectivity index (χ3n) is 1.19. The van der Waals surface area contributed by atoms with Crippen LogP contribution in [0.1, 0.15) is 34.1 Å². The predicted octanol–water partition coefficient (Wildman–Crippen LogP) is 3.18. The van der Waals surface area contributed by atoms with Crippen LogP contribution in [0.4, 0.5) is 0 Å². The minimum atomic E-state index is -0.0219. The van der Waals surface area contributed by atoms with Gasteiger partial charge in [-0.2, -0.15) is 0 Å². The van der Waals surface area contributed by atoms with Crippen LogP contribution in [0.2, 0.25) is 0 Å². The smallest absolute Gasteiger partial charge is 0.224 e. The van der Waals surface area contributed by atoms with E-state index in [2.05, 4.69) is 18.5 Å². The molecule has 14 heavy (non-hydrogen) atoms. The van der Waals surface area contributed by atoms with Gasteiger partial charge in [-0.15, -0.1) is 0 Å². The molecule has 80 valence electrons. The predicted molar refractivity (Wildman–Crippen MR) is 62.9 cm³/mol. The molecule has 0 aliphatic rings. The van der Waals surface area contributed by atoms with E-state index in [0.717, 1.165) is 5.57 Å². The Hall–Kier alpha value is -1.31. The number of nitrogens with one attached hydrogen (secondary N) is 1. The molecule has 0 radical (unpaired) electrons. The van der Waals surface area contributed by atoms with Crippen molar-refractivity contribution in [2.24, 2.45) is 0 Å². The van der Waals surface area contributed by atoms with Crippen LogP contribution in [0.25, 0.3) is 0 Å². The minimum absolute atomic E-state index is 0.0219. The van der Waals surface area contributed by atoms with E-state index in [4.69, 9.17) is 0 Å². The second-order valence-electron chi connectivity index (χ2n) is 2.61. The quantitative estimate of drug-likeness (QED) is 0.686. The van der Waals surface area contributed by atoms with Crippen LogP contribution >= 0.6 is 0 Å². The lowest BCUT2D eigenvalue weighted by Gasteiger charge is -2.00. The van der Waals surface area contributed by atoms with E-state index >= 15 is 0 Å². The van der Waals surface area contributed by atoms with Gasteiger partial charge in [0.2, 0.25) is 5.91 Å². The fourth-order valence-electron chi connectivity index (χ4n) is 0.552. The molecule has 0 fully saturated rings. The van der Waals surface area contributed by atoms with Gasteiger partial charge in [0.15, 0.2) is 0 Å². The van der Waals surface area contributed by atoms with Gasteiger partial charge in [-0.25, -0.2) is 0 Å². The highest BCUT2D eigenvalue weighted by Gasteiger charge is 1.94. The van der Waals surface area contributed by atoms with Gasteiger partial charge in [0.05, 0.1) is 0 Å². The Labute approximate surface area is 87.4 Å². The first kappa shape index (κ1) is 15.2. The Morgan fingerprint density at radius 2 is 1.79 bits per heavy atom. The average molecular weight is 195 g/mol. The van der Waals surface area contributed by atoms with E-state index in [-0.39, 0.29) is 5.91 Å². The summed E-state index contributed by atoms with van der Waals surface area (Å²) in [6.45, 7) is 15.0. The molecule has 0 aromatic heterocycles. The van der Waals surface area contributed by atoms with Crippen LogP contribution < -0.4 is 5.32 Å². The van der Waals surface area contributed by atoms with Crippen molar-refractivity contribution in [3.63, 3.8) is 0 Å². The van der Waals surface area contributed by atoms with E-state index in [1.165, 1.54) is 0 Å². The first-order valence-corrected chi connectivity index (χ1v) is 4.88. The molecule has 0 aliphatic carbocycles. The lowest BCUT2D eigenvalue weighted by molar-refractivity contribution is -0.119. The molecule has 0 aromatic carbocycles. The van der Waals surface area contributed by atoms with Crippen molar-refractivity contribution in [2.45, 2.75) is 34.1 Å². The molecule has 0 unspecified atom stereocenters. The molecule has 0 rings (SSSR count). The van der Waals surface area contributed by atoms with Crippen LogP contribution in [0.3, 0.4) is 0 Å². The molecular formula is C12H21NO. The van der Waals surface area contributed by atoms with Gasteiger partial charge >= 0.3 is 0 Å². The molecule has 0 heterocycles. The molecule has 2 nitrogen and oxygen atoms in total. The summed E-state index contributed by atoms with van der Waals surface area (Å²) in [6, 6.07) is 0. The van der Waals surface area contributed by atoms with Crippen LogP contribution in [-0.4, -0.2) is 5.91 Å². The maximum absolute atomic E-state index is 10.8. The molecule has 1 N–H and O–H groups in total. The summed E-state index contributed by atoms with van der Waals surface area (Å²) < 4.78 is 0. The molecule has 0 spiro atoms. The summed E-state index contributed by atoms with van der Waals surface area (Å²) in [4.78, 5) is 10.8. The highest BCUT2D eigenvalue weighted by Crippen LogP contribution is 1.94. The molecule has 0 bridgehead atoms. The maximum Gasteiger partial charge on any atom is 0.224 e. The lowest BCUT2D eigenvalue weighted by atomic mass is 10.3. The third-order valence-corrected chi connectivity index (χ3v) is 1.19. The second-order valence-corrected chi connectivity index (χ2v) is 2.61. The minimum Gasteiger partial charge on any atom is -0.327 e. The Bertz CT molecular complexity index is 226. The number of carbonyl (C=O) groups excluding carboxylic acids is 1. The molecule has 2 heteroatoms. The average Bonchev–Trinajstić information content (AvgIpc) is 2.17. The van der Waals surface area contributed by atoms with E-state index in [1.807, 2.05) is 20.8 Å². The molecule has 0 aromatic rings. The van der Waals surface area contributed by atoms with Crippen LogP contribution in [0.15, 0.2) is 36.6 Å².